The van der Waals surface area contributed by atoms with Crippen LogP contribution in [0.5, 0.6) is 0 Å². The number of ether oxygens (including phenoxy) is 2. The van der Waals surface area contributed by atoms with Gasteiger partial charge in [-0.15, -0.1) is 0 Å². The maximum Gasteiger partial charge on any atom is 0.408 e. The van der Waals surface area contributed by atoms with Gasteiger partial charge in [-0.25, -0.2) is 9.59 Å². The Bertz CT molecular complexity index is 572. The molecule has 1 aromatic rings. The molecule has 0 bridgehead atoms. The molecule has 0 unspecified atom stereocenters. The highest BCUT2D eigenvalue weighted by Gasteiger charge is 2.66. The highest BCUT2D eigenvalue weighted by molar-refractivity contribution is 5.87. The number of carboxylic acid groups (broad SMARTS) is 1. The summed E-state index contributed by atoms with van der Waals surface area (Å²) in [5.41, 5.74) is -1.26. The number of aliphatic carboxylic acids is 1. The zero-order chi connectivity index (χ0) is 17.1. The smallest absolute Gasteiger partial charge is 0.408 e. The standard InChI is InChI=1S/C17H23NO5/c1-4-22-13-10-17(14(19)20,16(13,2)3)18-15(21)23-11-12-8-6-5-7-9-12/h5-9,13H,4,10-11H2,1-3H3,(H,18,21)(H,19,20)/t13-,17-/m1/s1. The van der Waals surface area contributed by atoms with E-state index in [2.05, 4.69) is 5.32 Å². The maximum atomic E-state index is 12.0. The second kappa shape index (κ2) is 6.58. The van der Waals surface area contributed by atoms with Crippen LogP contribution in [0, 0.1) is 5.41 Å². The van der Waals surface area contributed by atoms with E-state index in [0.29, 0.717) is 6.61 Å². The highest BCUT2D eigenvalue weighted by Crippen LogP contribution is 2.51. The van der Waals surface area contributed by atoms with E-state index in [1.807, 2.05) is 37.3 Å². The molecule has 1 aliphatic carbocycles. The van der Waals surface area contributed by atoms with E-state index in [4.69, 9.17) is 9.47 Å². The van der Waals surface area contributed by atoms with Crippen LogP contribution in [0.2, 0.25) is 0 Å². The Labute approximate surface area is 135 Å². The third-order valence-corrected chi connectivity index (χ3v) is 4.66. The first-order valence-corrected chi connectivity index (χ1v) is 7.67. The average Bonchev–Trinajstić information content (AvgIpc) is 2.52. The lowest BCUT2D eigenvalue weighted by molar-refractivity contribution is -0.191. The van der Waals surface area contributed by atoms with Crippen molar-refractivity contribution in [2.75, 3.05) is 6.61 Å². The van der Waals surface area contributed by atoms with Crippen LogP contribution in [0.25, 0.3) is 0 Å². The van der Waals surface area contributed by atoms with Gasteiger partial charge in [0.15, 0.2) is 5.54 Å². The van der Waals surface area contributed by atoms with E-state index in [1.165, 1.54) is 0 Å². The number of amides is 1. The Balaban J connectivity index is 2.00. The largest absolute Gasteiger partial charge is 0.479 e. The monoisotopic (exact) mass is 321 g/mol. The molecule has 1 fully saturated rings. The van der Waals surface area contributed by atoms with Crippen LogP contribution >= 0.6 is 0 Å². The SMILES string of the molecule is CCO[C@@H]1C[C@@](NC(=O)OCc2ccccc2)(C(=O)O)C1(C)C. The maximum absolute atomic E-state index is 12.0. The molecule has 126 valence electrons. The van der Waals surface area contributed by atoms with Crippen LogP contribution in [0.15, 0.2) is 30.3 Å². The molecular weight excluding hydrogens is 298 g/mol. The molecule has 0 spiro atoms. The molecule has 6 heteroatoms. The molecule has 1 aromatic carbocycles. The molecule has 2 rings (SSSR count). The highest BCUT2D eigenvalue weighted by atomic mass is 16.5. The van der Waals surface area contributed by atoms with Gasteiger partial charge in [0.05, 0.1) is 6.10 Å². The van der Waals surface area contributed by atoms with Crippen molar-refractivity contribution in [3.63, 3.8) is 0 Å². The number of nitrogens with one attached hydrogen (secondary N) is 1. The quantitative estimate of drug-likeness (QED) is 0.841. The lowest BCUT2D eigenvalue weighted by atomic mass is 9.54. The van der Waals surface area contributed by atoms with Crippen LogP contribution in [-0.4, -0.2) is 35.4 Å². The van der Waals surface area contributed by atoms with Crippen molar-refractivity contribution in [2.24, 2.45) is 5.41 Å². The summed E-state index contributed by atoms with van der Waals surface area (Å²) in [7, 11) is 0. The number of carboxylic acids is 1. The molecule has 23 heavy (non-hydrogen) atoms. The fraction of sp³-hybridized carbons (Fsp3) is 0.529. The molecule has 0 aliphatic heterocycles. The van der Waals surface area contributed by atoms with Gasteiger partial charge < -0.3 is 19.9 Å². The van der Waals surface area contributed by atoms with E-state index in [9.17, 15) is 14.7 Å². The van der Waals surface area contributed by atoms with E-state index < -0.39 is 23.0 Å². The summed E-state index contributed by atoms with van der Waals surface area (Å²) >= 11 is 0. The Morgan fingerprint density at radius 3 is 2.48 bits per heavy atom. The summed E-state index contributed by atoms with van der Waals surface area (Å²) in [6.07, 6.45) is -0.721. The lowest BCUT2D eigenvalue weighted by Crippen LogP contribution is -2.76. The number of hydrogen-bond donors (Lipinski definition) is 2. The Morgan fingerprint density at radius 2 is 1.96 bits per heavy atom. The summed E-state index contributed by atoms with van der Waals surface area (Å²) in [6, 6.07) is 9.22. The van der Waals surface area contributed by atoms with Crippen molar-refractivity contribution in [3.05, 3.63) is 35.9 Å². The van der Waals surface area contributed by atoms with Gasteiger partial charge in [0.2, 0.25) is 0 Å². The fourth-order valence-electron chi connectivity index (χ4n) is 2.97. The first-order valence-electron chi connectivity index (χ1n) is 7.67. The van der Waals surface area contributed by atoms with Crippen molar-refractivity contribution < 1.29 is 24.2 Å². The second-order valence-electron chi connectivity index (χ2n) is 6.27. The molecule has 1 amide bonds. The normalized spacial score (nSPS) is 25.3. The van der Waals surface area contributed by atoms with Gasteiger partial charge in [0.25, 0.3) is 0 Å². The fourth-order valence-corrected chi connectivity index (χ4v) is 2.97. The summed E-state index contributed by atoms with van der Waals surface area (Å²) in [6.45, 7) is 6.02. The summed E-state index contributed by atoms with van der Waals surface area (Å²) in [4.78, 5) is 23.8. The van der Waals surface area contributed by atoms with E-state index in [0.717, 1.165) is 5.56 Å². The molecule has 1 saturated carbocycles. The number of benzene rings is 1. The van der Waals surface area contributed by atoms with Crippen molar-refractivity contribution >= 4 is 12.1 Å². The van der Waals surface area contributed by atoms with Crippen LogP contribution in [0.3, 0.4) is 0 Å². The number of carbonyl (C=O) groups is 2. The van der Waals surface area contributed by atoms with Crippen molar-refractivity contribution in [3.8, 4) is 0 Å². The molecule has 0 heterocycles. The van der Waals surface area contributed by atoms with Crippen LogP contribution < -0.4 is 5.32 Å². The molecular formula is C17H23NO5. The number of hydrogen-bond acceptors (Lipinski definition) is 4. The zero-order valence-corrected chi connectivity index (χ0v) is 13.7. The van der Waals surface area contributed by atoms with Crippen molar-refractivity contribution in [1.29, 1.82) is 0 Å². The number of rotatable bonds is 6. The van der Waals surface area contributed by atoms with Gasteiger partial charge >= 0.3 is 12.1 Å². The van der Waals surface area contributed by atoms with E-state index >= 15 is 0 Å². The Hall–Kier alpha value is -2.08. The molecule has 0 saturated heterocycles. The Morgan fingerprint density at radius 1 is 1.30 bits per heavy atom. The molecule has 0 aromatic heterocycles. The number of carbonyl (C=O) groups excluding carboxylic acids is 1. The van der Waals surface area contributed by atoms with Crippen LogP contribution in [0.1, 0.15) is 32.8 Å². The minimum atomic E-state index is -1.37. The third-order valence-electron chi connectivity index (χ3n) is 4.66. The minimum absolute atomic E-state index is 0.0949. The number of alkyl carbamates (subject to hydrolysis) is 1. The summed E-state index contributed by atoms with van der Waals surface area (Å²) < 4.78 is 10.7. The predicted octanol–water partition coefficient (Wildman–Crippen LogP) is 2.57. The molecule has 6 nitrogen and oxygen atoms in total. The molecule has 0 radical (unpaired) electrons. The third kappa shape index (κ3) is 3.17. The van der Waals surface area contributed by atoms with Gasteiger partial charge in [-0.05, 0) is 12.5 Å². The van der Waals surface area contributed by atoms with Gasteiger partial charge in [0, 0.05) is 18.4 Å². The molecule has 1 aliphatic rings. The van der Waals surface area contributed by atoms with Gasteiger partial charge in [-0.3, -0.25) is 0 Å². The Kier molecular flexibility index (Phi) is 4.94. The second-order valence-corrected chi connectivity index (χ2v) is 6.27. The van der Waals surface area contributed by atoms with Crippen LogP contribution in [0.4, 0.5) is 4.79 Å². The first kappa shape index (κ1) is 17.3. The minimum Gasteiger partial charge on any atom is -0.479 e. The topological polar surface area (TPSA) is 84.9 Å². The van der Waals surface area contributed by atoms with Gasteiger partial charge in [-0.2, -0.15) is 0 Å². The summed E-state index contributed by atoms with van der Waals surface area (Å²) in [5.74, 6) is -1.07. The lowest BCUT2D eigenvalue weighted by Gasteiger charge is -2.57. The van der Waals surface area contributed by atoms with Gasteiger partial charge in [-0.1, -0.05) is 44.2 Å². The van der Waals surface area contributed by atoms with Crippen molar-refractivity contribution in [2.45, 2.75) is 45.4 Å². The predicted molar refractivity (Wildman–Crippen MR) is 83.9 cm³/mol. The summed E-state index contributed by atoms with van der Waals surface area (Å²) in [5, 5.41) is 12.2. The first-order chi connectivity index (χ1) is 10.8. The molecule has 2 atom stereocenters. The van der Waals surface area contributed by atoms with Gasteiger partial charge in [0.1, 0.15) is 6.61 Å². The van der Waals surface area contributed by atoms with Crippen molar-refractivity contribution in [1.82, 2.24) is 5.32 Å². The van der Waals surface area contributed by atoms with Crippen LogP contribution in [-0.2, 0) is 20.9 Å². The van der Waals surface area contributed by atoms with E-state index in [1.54, 1.807) is 13.8 Å². The van der Waals surface area contributed by atoms with E-state index in [-0.39, 0.29) is 19.1 Å². The molecule has 2 N–H and O–H groups in total. The zero-order valence-electron chi connectivity index (χ0n) is 13.7. The average molecular weight is 321 g/mol.